The molecule has 116 valence electrons. The fourth-order valence-corrected chi connectivity index (χ4v) is 2.20. The molecule has 0 saturated heterocycles. The number of nitrogens with one attached hydrogen (secondary N) is 1. The van der Waals surface area contributed by atoms with E-state index >= 15 is 0 Å². The standard InChI is InChI=1S/C16H22BrNO3/c1-4-14(16(20)21-10-11(2)3)18-15(19)9-12-6-5-7-13(17)8-12/h5-8,11,14H,4,9-10H2,1-3H3,(H,18,19). The zero-order valence-corrected chi connectivity index (χ0v) is 14.3. The normalized spacial score (nSPS) is 12.0. The average Bonchev–Trinajstić information content (AvgIpc) is 2.42. The second-order valence-electron chi connectivity index (χ2n) is 5.36. The summed E-state index contributed by atoms with van der Waals surface area (Å²) in [6.07, 6.45) is 0.758. The van der Waals surface area contributed by atoms with Gasteiger partial charge in [-0.1, -0.05) is 48.8 Å². The molecule has 1 unspecified atom stereocenters. The van der Waals surface area contributed by atoms with E-state index in [9.17, 15) is 9.59 Å². The van der Waals surface area contributed by atoms with Crippen LogP contribution in [0, 0.1) is 5.92 Å². The molecule has 0 aromatic heterocycles. The van der Waals surface area contributed by atoms with E-state index in [1.54, 1.807) is 0 Å². The third-order valence-corrected chi connectivity index (χ3v) is 3.33. The zero-order valence-electron chi connectivity index (χ0n) is 12.7. The summed E-state index contributed by atoms with van der Waals surface area (Å²) in [6, 6.07) is 6.96. The number of carbonyl (C=O) groups is 2. The molecule has 0 aliphatic rings. The molecule has 0 aliphatic heterocycles. The van der Waals surface area contributed by atoms with Gasteiger partial charge in [0.1, 0.15) is 6.04 Å². The van der Waals surface area contributed by atoms with Gasteiger partial charge in [0.05, 0.1) is 13.0 Å². The van der Waals surface area contributed by atoms with Crippen molar-refractivity contribution >= 4 is 27.8 Å². The first-order valence-electron chi connectivity index (χ1n) is 7.12. The van der Waals surface area contributed by atoms with E-state index < -0.39 is 6.04 Å². The molecule has 0 saturated carbocycles. The van der Waals surface area contributed by atoms with Crippen molar-refractivity contribution < 1.29 is 14.3 Å². The molecule has 0 fully saturated rings. The molecule has 1 N–H and O–H groups in total. The summed E-state index contributed by atoms with van der Waals surface area (Å²) in [5, 5.41) is 2.73. The third-order valence-electron chi connectivity index (χ3n) is 2.84. The van der Waals surface area contributed by atoms with E-state index in [4.69, 9.17) is 4.74 Å². The summed E-state index contributed by atoms with van der Waals surface area (Å²) in [5.74, 6) is -0.265. The minimum Gasteiger partial charge on any atom is -0.464 e. The topological polar surface area (TPSA) is 55.4 Å². The Hall–Kier alpha value is -1.36. The van der Waals surface area contributed by atoms with Crippen LogP contribution < -0.4 is 5.32 Å². The van der Waals surface area contributed by atoms with Gasteiger partial charge in [-0.05, 0) is 30.0 Å². The smallest absolute Gasteiger partial charge is 0.328 e. The summed E-state index contributed by atoms with van der Waals surface area (Å²) in [5.41, 5.74) is 0.896. The van der Waals surface area contributed by atoms with Gasteiger partial charge < -0.3 is 10.1 Å². The Morgan fingerprint density at radius 2 is 2.05 bits per heavy atom. The molecule has 21 heavy (non-hydrogen) atoms. The summed E-state index contributed by atoms with van der Waals surface area (Å²) in [6.45, 7) is 6.16. The highest BCUT2D eigenvalue weighted by atomic mass is 79.9. The summed E-state index contributed by atoms with van der Waals surface area (Å²) >= 11 is 3.37. The monoisotopic (exact) mass is 355 g/mol. The lowest BCUT2D eigenvalue weighted by molar-refractivity contribution is -0.149. The van der Waals surface area contributed by atoms with E-state index in [0.29, 0.717) is 13.0 Å². The van der Waals surface area contributed by atoms with Crippen molar-refractivity contribution in [3.8, 4) is 0 Å². The van der Waals surface area contributed by atoms with Crippen molar-refractivity contribution in [1.29, 1.82) is 0 Å². The number of esters is 1. The van der Waals surface area contributed by atoms with Gasteiger partial charge in [-0.25, -0.2) is 4.79 Å². The van der Waals surface area contributed by atoms with Crippen LogP contribution in [0.2, 0.25) is 0 Å². The minimum absolute atomic E-state index is 0.179. The molecule has 0 radical (unpaired) electrons. The molecular formula is C16H22BrNO3. The van der Waals surface area contributed by atoms with Gasteiger partial charge in [0.25, 0.3) is 0 Å². The maximum atomic E-state index is 12.0. The minimum atomic E-state index is -0.580. The Morgan fingerprint density at radius 3 is 2.62 bits per heavy atom. The maximum Gasteiger partial charge on any atom is 0.328 e. The Bertz CT molecular complexity index is 488. The van der Waals surface area contributed by atoms with E-state index in [2.05, 4.69) is 21.2 Å². The second kappa shape index (κ2) is 8.82. The molecular weight excluding hydrogens is 334 g/mol. The molecule has 1 aromatic rings. The SMILES string of the molecule is CCC(NC(=O)Cc1cccc(Br)c1)C(=O)OCC(C)C. The maximum absolute atomic E-state index is 12.0. The molecule has 0 heterocycles. The second-order valence-corrected chi connectivity index (χ2v) is 6.27. The predicted molar refractivity (Wildman–Crippen MR) is 85.9 cm³/mol. The number of halogens is 1. The Kier molecular flexibility index (Phi) is 7.43. The van der Waals surface area contributed by atoms with Gasteiger partial charge >= 0.3 is 5.97 Å². The Balaban J connectivity index is 2.52. The lowest BCUT2D eigenvalue weighted by Crippen LogP contribution is -2.42. The van der Waals surface area contributed by atoms with Crippen LogP contribution in [-0.2, 0) is 20.7 Å². The molecule has 4 nitrogen and oxygen atoms in total. The fraction of sp³-hybridized carbons (Fsp3) is 0.500. The van der Waals surface area contributed by atoms with Crippen molar-refractivity contribution in [2.24, 2.45) is 5.92 Å². The number of hydrogen-bond acceptors (Lipinski definition) is 3. The molecule has 1 rings (SSSR count). The lowest BCUT2D eigenvalue weighted by Gasteiger charge is -2.17. The summed E-state index contributed by atoms with van der Waals surface area (Å²) < 4.78 is 6.09. The average molecular weight is 356 g/mol. The molecule has 1 atom stereocenters. The summed E-state index contributed by atoms with van der Waals surface area (Å²) in [7, 11) is 0. The van der Waals surface area contributed by atoms with Crippen molar-refractivity contribution in [2.45, 2.75) is 39.7 Å². The number of benzene rings is 1. The zero-order chi connectivity index (χ0) is 15.8. The molecule has 0 aliphatic carbocycles. The van der Waals surface area contributed by atoms with E-state index in [0.717, 1.165) is 10.0 Å². The quantitative estimate of drug-likeness (QED) is 0.764. The number of hydrogen-bond donors (Lipinski definition) is 1. The largest absolute Gasteiger partial charge is 0.464 e. The van der Waals surface area contributed by atoms with E-state index in [-0.39, 0.29) is 24.2 Å². The van der Waals surface area contributed by atoms with Gasteiger partial charge in [0.15, 0.2) is 0 Å². The van der Waals surface area contributed by atoms with Crippen LogP contribution >= 0.6 is 15.9 Å². The van der Waals surface area contributed by atoms with Crippen LogP contribution in [0.15, 0.2) is 28.7 Å². The van der Waals surface area contributed by atoms with Gasteiger partial charge in [-0.15, -0.1) is 0 Å². The molecule has 1 aromatic carbocycles. The van der Waals surface area contributed by atoms with Crippen LogP contribution in [0.4, 0.5) is 0 Å². The van der Waals surface area contributed by atoms with Crippen molar-refractivity contribution in [1.82, 2.24) is 5.32 Å². The molecule has 0 bridgehead atoms. The Labute approximate surface area is 134 Å². The van der Waals surface area contributed by atoms with Crippen molar-refractivity contribution in [3.05, 3.63) is 34.3 Å². The highest BCUT2D eigenvalue weighted by Gasteiger charge is 2.20. The lowest BCUT2D eigenvalue weighted by atomic mass is 10.1. The number of rotatable bonds is 7. The molecule has 1 amide bonds. The number of ether oxygens (including phenoxy) is 1. The predicted octanol–water partition coefficient (Wildman–Crippen LogP) is 3.09. The highest BCUT2D eigenvalue weighted by molar-refractivity contribution is 9.10. The van der Waals surface area contributed by atoms with Gasteiger partial charge in [-0.3, -0.25) is 4.79 Å². The number of amides is 1. The summed E-state index contributed by atoms with van der Waals surface area (Å²) in [4.78, 5) is 23.9. The van der Waals surface area contributed by atoms with E-state index in [1.807, 2.05) is 45.0 Å². The highest BCUT2D eigenvalue weighted by Crippen LogP contribution is 2.12. The molecule has 5 heteroatoms. The van der Waals surface area contributed by atoms with Gasteiger partial charge in [0, 0.05) is 4.47 Å². The van der Waals surface area contributed by atoms with Crippen LogP contribution in [0.5, 0.6) is 0 Å². The van der Waals surface area contributed by atoms with Crippen LogP contribution in [0.1, 0.15) is 32.8 Å². The number of carbonyl (C=O) groups excluding carboxylic acids is 2. The molecule has 0 spiro atoms. The Morgan fingerprint density at radius 1 is 1.33 bits per heavy atom. The van der Waals surface area contributed by atoms with Crippen LogP contribution in [0.3, 0.4) is 0 Å². The first kappa shape index (κ1) is 17.7. The van der Waals surface area contributed by atoms with E-state index in [1.165, 1.54) is 0 Å². The third kappa shape index (κ3) is 6.76. The van der Waals surface area contributed by atoms with Crippen molar-refractivity contribution in [3.63, 3.8) is 0 Å². The van der Waals surface area contributed by atoms with Gasteiger partial charge in [-0.2, -0.15) is 0 Å². The van der Waals surface area contributed by atoms with Gasteiger partial charge in [0.2, 0.25) is 5.91 Å². The first-order chi connectivity index (χ1) is 9.92. The first-order valence-corrected chi connectivity index (χ1v) is 7.92. The fourth-order valence-electron chi connectivity index (χ4n) is 1.75. The van der Waals surface area contributed by atoms with Crippen LogP contribution in [0.25, 0.3) is 0 Å². The van der Waals surface area contributed by atoms with Crippen molar-refractivity contribution in [2.75, 3.05) is 6.61 Å². The van der Waals surface area contributed by atoms with Crippen LogP contribution in [-0.4, -0.2) is 24.5 Å².